The largest absolute Gasteiger partial charge is 0.462 e. The fourth-order valence-electron chi connectivity index (χ4n) is 7.45. The summed E-state index contributed by atoms with van der Waals surface area (Å²) in [5, 5.41) is 0. The molecule has 0 saturated carbocycles. The molecule has 0 aliphatic carbocycles. The van der Waals surface area contributed by atoms with Crippen LogP contribution in [0, 0.1) is 0 Å². The molecule has 0 N–H and O–H groups in total. The Bertz CT molecular complexity index is 1020. The third-order valence-electron chi connectivity index (χ3n) is 11.4. The predicted molar refractivity (Wildman–Crippen MR) is 256 cm³/mol. The predicted octanol–water partition coefficient (Wildman–Crippen LogP) is 16.9. The zero-order valence-corrected chi connectivity index (χ0v) is 40.0. The summed E-state index contributed by atoms with van der Waals surface area (Å²) < 4.78 is 16.7. The van der Waals surface area contributed by atoms with E-state index in [1.165, 1.54) is 148 Å². The molecule has 0 amide bonds. The fourth-order valence-corrected chi connectivity index (χ4v) is 7.45. The van der Waals surface area contributed by atoms with Gasteiger partial charge in [0.1, 0.15) is 13.2 Å². The Morgan fingerprint density at radius 2 is 0.600 bits per heavy atom. The van der Waals surface area contributed by atoms with E-state index in [2.05, 4.69) is 57.2 Å². The highest BCUT2D eigenvalue weighted by Crippen LogP contribution is 2.15. The molecule has 0 radical (unpaired) electrons. The number of carbonyl (C=O) groups is 3. The number of hydrogen-bond acceptors (Lipinski definition) is 6. The van der Waals surface area contributed by atoms with Gasteiger partial charge in [-0.05, 0) is 57.8 Å². The maximum absolute atomic E-state index is 12.7. The smallest absolute Gasteiger partial charge is 0.306 e. The van der Waals surface area contributed by atoms with E-state index in [0.29, 0.717) is 19.3 Å². The Balaban J connectivity index is 4.11. The summed E-state index contributed by atoms with van der Waals surface area (Å²) >= 11 is 0. The molecule has 0 aromatic rings. The Labute approximate surface area is 372 Å². The maximum Gasteiger partial charge on any atom is 0.306 e. The fraction of sp³-hybridized carbons (Fsp3) is 0.833. The molecular formula is C54H98O6. The second-order valence-corrected chi connectivity index (χ2v) is 17.4. The van der Waals surface area contributed by atoms with Crippen molar-refractivity contribution >= 4 is 17.9 Å². The van der Waals surface area contributed by atoms with Crippen LogP contribution >= 0.6 is 0 Å². The first-order chi connectivity index (χ1) is 29.5. The summed E-state index contributed by atoms with van der Waals surface area (Å²) in [4.78, 5) is 37.6. The van der Waals surface area contributed by atoms with Gasteiger partial charge in [0, 0.05) is 19.3 Å². The van der Waals surface area contributed by atoms with E-state index in [4.69, 9.17) is 14.2 Å². The summed E-state index contributed by atoms with van der Waals surface area (Å²) in [5.41, 5.74) is 0. The Morgan fingerprint density at radius 3 is 0.933 bits per heavy atom. The monoisotopic (exact) mass is 843 g/mol. The van der Waals surface area contributed by atoms with Crippen LogP contribution in [-0.2, 0) is 28.6 Å². The van der Waals surface area contributed by atoms with Crippen LogP contribution in [0.3, 0.4) is 0 Å². The molecule has 0 aromatic heterocycles. The van der Waals surface area contributed by atoms with Gasteiger partial charge in [0.05, 0.1) is 0 Å². The van der Waals surface area contributed by atoms with E-state index in [1.807, 2.05) is 0 Å². The molecule has 1 unspecified atom stereocenters. The molecule has 6 heteroatoms. The van der Waals surface area contributed by atoms with Crippen LogP contribution in [0.25, 0.3) is 0 Å². The first kappa shape index (κ1) is 57.6. The lowest BCUT2D eigenvalue weighted by Gasteiger charge is -2.18. The summed E-state index contributed by atoms with van der Waals surface area (Å²) in [6, 6.07) is 0. The number of esters is 3. The van der Waals surface area contributed by atoms with Gasteiger partial charge in [0.25, 0.3) is 0 Å². The molecule has 0 fully saturated rings. The SMILES string of the molecule is CCCCCCC/C=C\C/C=C\C/C=C\CCCCCCCCCCC(=O)OCC(COC(=O)CCCCCCC)OC(=O)CCCCCCCCCCCCCCCC. The maximum atomic E-state index is 12.7. The molecule has 0 saturated heterocycles. The van der Waals surface area contributed by atoms with Crippen molar-refractivity contribution in [2.75, 3.05) is 13.2 Å². The van der Waals surface area contributed by atoms with E-state index in [-0.39, 0.29) is 31.1 Å². The van der Waals surface area contributed by atoms with Crippen molar-refractivity contribution in [3.05, 3.63) is 36.5 Å². The summed E-state index contributed by atoms with van der Waals surface area (Å²) in [6.07, 6.45) is 57.4. The van der Waals surface area contributed by atoms with Crippen molar-refractivity contribution in [1.82, 2.24) is 0 Å². The van der Waals surface area contributed by atoms with E-state index in [0.717, 1.165) is 83.5 Å². The van der Waals surface area contributed by atoms with Crippen molar-refractivity contribution in [1.29, 1.82) is 0 Å². The van der Waals surface area contributed by atoms with Crippen molar-refractivity contribution in [2.24, 2.45) is 0 Å². The Hall–Kier alpha value is -2.37. The van der Waals surface area contributed by atoms with E-state index in [9.17, 15) is 14.4 Å². The minimum absolute atomic E-state index is 0.0728. The van der Waals surface area contributed by atoms with Gasteiger partial charge in [-0.1, -0.05) is 231 Å². The van der Waals surface area contributed by atoms with Crippen LogP contribution in [0.2, 0.25) is 0 Å². The van der Waals surface area contributed by atoms with Crippen molar-refractivity contribution in [3.63, 3.8) is 0 Å². The Kier molecular flexibility index (Phi) is 47.3. The quantitative estimate of drug-likeness (QED) is 0.0263. The molecular weight excluding hydrogens is 745 g/mol. The summed E-state index contributed by atoms with van der Waals surface area (Å²) in [6.45, 7) is 6.56. The molecule has 0 aromatic carbocycles. The van der Waals surface area contributed by atoms with Gasteiger partial charge in [-0.3, -0.25) is 14.4 Å². The van der Waals surface area contributed by atoms with Crippen molar-refractivity contribution in [2.45, 2.75) is 277 Å². The topological polar surface area (TPSA) is 78.9 Å². The van der Waals surface area contributed by atoms with E-state index in [1.54, 1.807) is 0 Å². The number of hydrogen-bond donors (Lipinski definition) is 0. The summed E-state index contributed by atoms with van der Waals surface area (Å²) in [5.74, 6) is -0.884. The van der Waals surface area contributed by atoms with Gasteiger partial charge in [0.15, 0.2) is 6.10 Å². The van der Waals surface area contributed by atoms with Crippen LogP contribution < -0.4 is 0 Å². The van der Waals surface area contributed by atoms with Crippen LogP contribution in [0.15, 0.2) is 36.5 Å². The standard InChI is InChI=1S/C54H98O6/c1-4-7-10-13-15-17-19-21-23-24-25-26-27-28-29-30-31-33-34-36-38-41-44-47-53(56)59-50-51(49-58-52(55)46-43-40-12-9-6-3)60-54(57)48-45-42-39-37-35-32-22-20-18-16-14-11-8-5-2/h19,21,24-25,27-28,51H,4-18,20,22-23,26,29-50H2,1-3H3/b21-19-,25-24-,28-27-. The number of allylic oxidation sites excluding steroid dienone is 6. The number of unbranched alkanes of at least 4 members (excludes halogenated alkanes) is 30. The van der Waals surface area contributed by atoms with Gasteiger partial charge in [-0.15, -0.1) is 0 Å². The average molecular weight is 843 g/mol. The minimum Gasteiger partial charge on any atom is -0.462 e. The molecule has 0 aliphatic heterocycles. The van der Waals surface area contributed by atoms with Crippen molar-refractivity contribution < 1.29 is 28.6 Å². The molecule has 60 heavy (non-hydrogen) atoms. The van der Waals surface area contributed by atoms with Crippen molar-refractivity contribution in [3.8, 4) is 0 Å². The molecule has 0 aliphatic rings. The third-order valence-corrected chi connectivity index (χ3v) is 11.4. The molecule has 0 bridgehead atoms. The highest BCUT2D eigenvalue weighted by Gasteiger charge is 2.19. The van der Waals surface area contributed by atoms with Crippen LogP contribution in [-0.4, -0.2) is 37.2 Å². The van der Waals surface area contributed by atoms with Crippen LogP contribution in [0.1, 0.15) is 271 Å². The number of ether oxygens (including phenoxy) is 3. The first-order valence-electron chi connectivity index (χ1n) is 26.0. The van der Waals surface area contributed by atoms with Crippen LogP contribution in [0.4, 0.5) is 0 Å². The lowest BCUT2D eigenvalue weighted by Crippen LogP contribution is -2.30. The van der Waals surface area contributed by atoms with Crippen LogP contribution in [0.5, 0.6) is 0 Å². The molecule has 350 valence electrons. The second-order valence-electron chi connectivity index (χ2n) is 17.4. The molecule has 0 heterocycles. The first-order valence-corrected chi connectivity index (χ1v) is 26.0. The van der Waals surface area contributed by atoms with Gasteiger partial charge in [-0.2, -0.15) is 0 Å². The lowest BCUT2D eigenvalue weighted by molar-refractivity contribution is -0.167. The average Bonchev–Trinajstić information content (AvgIpc) is 3.24. The minimum atomic E-state index is -0.767. The molecule has 0 rings (SSSR count). The summed E-state index contributed by atoms with van der Waals surface area (Å²) in [7, 11) is 0. The van der Waals surface area contributed by atoms with E-state index >= 15 is 0 Å². The number of rotatable bonds is 47. The third kappa shape index (κ3) is 46.7. The van der Waals surface area contributed by atoms with Gasteiger partial charge < -0.3 is 14.2 Å². The van der Waals surface area contributed by atoms with Gasteiger partial charge >= 0.3 is 17.9 Å². The lowest BCUT2D eigenvalue weighted by atomic mass is 10.0. The molecule has 1 atom stereocenters. The van der Waals surface area contributed by atoms with Gasteiger partial charge in [-0.25, -0.2) is 0 Å². The second kappa shape index (κ2) is 49.3. The zero-order chi connectivity index (χ0) is 43.7. The zero-order valence-electron chi connectivity index (χ0n) is 40.0. The van der Waals surface area contributed by atoms with Gasteiger partial charge in [0.2, 0.25) is 0 Å². The highest BCUT2D eigenvalue weighted by molar-refractivity contribution is 5.71. The molecule has 6 nitrogen and oxygen atoms in total. The highest BCUT2D eigenvalue weighted by atomic mass is 16.6. The van der Waals surface area contributed by atoms with E-state index < -0.39 is 6.10 Å². The normalized spacial score (nSPS) is 12.2. The molecule has 0 spiro atoms. The Morgan fingerprint density at radius 1 is 0.333 bits per heavy atom. The number of carbonyl (C=O) groups excluding carboxylic acids is 3.